The zero-order chi connectivity index (χ0) is 22.6. The molecule has 0 saturated carbocycles. The number of hydrogen-bond donors (Lipinski definition) is 0. The van der Waals surface area contributed by atoms with Crippen molar-refractivity contribution in [3.05, 3.63) is 65.7 Å². The molecule has 0 aliphatic carbocycles. The molecular formula is C25H32O7. The van der Waals surface area contributed by atoms with Crippen molar-refractivity contribution >= 4 is 0 Å². The topological polar surface area (TPSA) is 64.6 Å². The number of ether oxygens (including phenoxy) is 7. The average Bonchev–Trinajstić information content (AvgIpc) is 3.14. The standard InChI is InChI=1S/C25H32O7/c1-25(2)31-21-20(16-28-14-17-8-6-5-7-9-17)30-24(27-4)23(22(21)32-25)29-15-18-10-12-19(26-3)13-11-18/h5-13,20-24H,14-16H2,1-4H3/t20-,21+,22+,23+,24-/m1/s1. The van der Waals surface area contributed by atoms with Crippen LogP contribution in [-0.4, -0.2) is 57.3 Å². The molecule has 2 aliphatic heterocycles. The molecule has 0 spiro atoms. The highest BCUT2D eigenvalue weighted by Crippen LogP contribution is 2.39. The second-order valence-electron chi connectivity index (χ2n) is 8.47. The minimum Gasteiger partial charge on any atom is -0.497 e. The minimum atomic E-state index is -0.749. The molecular weight excluding hydrogens is 412 g/mol. The summed E-state index contributed by atoms with van der Waals surface area (Å²) in [6.45, 7) is 5.04. The van der Waals surface area contributed by atoms with E-state index in [0.29, 0.717) is 19.8 Å². The van der Waals surface area contributed by atoms with E-state index in [-0.39, 0.29) is 18.3 Å². The van der Waals surface area contributed by atoms with Crippen molar-refractivity contribution in [2.24, 2.45) is 0 Å². The number of rotatable bonds is 9. The van der Waals surface area contributed by atoms with E-state index in [1.165, 1.54) is 0 Å². The van der Waals surface area contributed by atoms with Gasteiger partial charge in [0, 0.05) is 7.11 Å². The zero-order valence-corrected chi connectivity index (χ0v) is 19.1. The lowest BCUT2D eigenvalue weighted by Crippen LogP contribution is -2.58. The highest BCUT2D eigenvalue weighted by Gasteiger charge is 2.56. The van der Waals surface area contributed by atoms with Crippen molar-refractivity contribution in [1.29, 1.82) is 0 Å². The van der Waals surface area contributed by atoms with E-state index in [2.05, 4.69) is 0 Å². The van der Waals surface area contributed by atoms with E-state index < -0.39 is 18.2 Å². The molecule has 0 N–H and O–H groups in total. The summed E-state index contributed by atoms with van der Waals surface area (Å²) < 4.78 is 41.7. The van der Waals surface area contributed by atoms with E-state index in [4.69, 9.17) is 33.2 Å². The lowest BCUT2D eigenvalue weighted by atomic mass is 9.99. The monoisotopic (exact) mass is 444 g/mol. The summed E-state index contributed by atoms with van der Waals surface area (Å²) in [5, 5.41) is 0. The fraction of sp³-hybridized carbons (Fsp3) is 0.520. The molecule has 32 heavy (non-hydrogen) atoms. The van der Waals surface area contributed by atoms with E-state index in [1.54, 1.807) is 14.2 Å². The van der Waals surface area contributed by atoms with Crippen LogP contribution in [0.5, 0.6) is 5.75 Å². The highest BCUT2D eigenvalue weighted by molar-refractivity contribution is 5.26. The van der Waals surface area contributed by atoms with Crippen LogP contribution in [0.2, 0.25) is 0 Å². The van der Waals surface area contributed by atoms with Gasteiger partial charge in [-0.3, -0.25) is 0 Å². The van der Waals surface area contributed by atoms with E-state index >= 15 is 0 Å². The Kier molecular flexibility index (Phi) is 7.45. The third-order valence-corrected chi connectivity index (χ3v) is 5.66. The summed E-state index contributed by atoms with van der Waals surface area (Å²) in [5.41, 5.74) is 2.12. The molecule has 2 fully saturated rings. The number of fused-ring (bicyclic) bond motifs is 1. The van der Waals surface area contributed by atoms with Crippen LogP contribution in [0.1, 0.15) is 25.0 Å². The first-order chi connectivity index (χ1) is 15.5. The molecule has 5 atom stereocenters. The van der Waals surface area contributed by atoms with Crippen LogP contribution in [0.15, 0.2) is 54.6 Å². The quantitative estimate of drug-likeness (QED) is 0.584. The lowest BCUT2D eigenvalue weighted by molar-refractivity contribution is -0.288. The summed E-state index contributed by atoms with van der Waals surface area (Å²) in [6, 6.07) is 17.8. The molecule has 0 radical (unpaired) electrons. The van der Waals surface area contributed by atoms with Crippen LogP contribution in [0.4, 0.5) is 0 Å². The van der Waals surface area contributed by atoms with E-state index in [1.807, 2.05) is 68.4 Å². The summed E-state index contributed by atoms with van der Waals surface area (Å²) in [6.07, 6.45) is -2.05. The van der Waals surface area contributed by atoms with Crippen LogP contribution in [0, 0.1) is 0 Å². The van der Waals surface area contributed by atoms with Gasteiger partial charge in [-0.15, -0.1) is 0 Å². The number of hydrogen-bond acceptors (Lipinski definition) is 7. The normalized spacial score (nSPS) is 28.9. The fourth-order valence-electron chi connectivity index (χ4n) is 4.12. The average molecular weight is 445 g/mol. The maximum Gasteiger partial charge on any atom is 0.186 e. The summed E-state index contributed by atoms with van der Waals surface area (Å²) in [5.74, 6) is 0.0537. The van der Waals surface area contributed by atoms with Crippen LogP contribution < -0.4 is 4.74 Å². The molecule has 0 amide bonds. The molecule has 7 nitrogen and oxygen atoms in total. The van der Waals surface area contributed by atoms with E-state index in [9.17, 15) is 0 Å². The largest absolute Gasteiger partial charge is 0.497 e. The van der Waals surface area contributed by atoms with Gasteiger partial charge < -0.3 is 33.2 Å². The van der Waals surface area contributed by atoms with Gasteiger partial charge in [-0.05, 0) is 37.1 Å². The van der Waals surface area contributed by atoms with Crippen LogP contribution in [0.25, 0.3) is 0 Å². The van der Waals surface area contributed by atoms with Gasteiger partial charge >= 0.3 is 0 Å². The Hall–Kier alpha value is -2.00. The Morgan fingerprint density at radius 3 is 2.22 bits per heavy atom. The highest BCUT2D eigenvalue weighted by atomic mass is 16.8. The fourth-order valence-corrected chi connectivity index (χ4v) is 4.12. The second-order valence-corrected chi connectivity index (χ2v) is 8.47. The Morgan fingerprint density at radius 2 is 1.53 bits per heavy atom. The molecule has 7 heteroatoms. The summed E-state index contributed by atoms with van der Waals surface area (Å²) >= 11 is 0. The van der Waals surface area contributed by atoms with Crippen molar-refractivity contribution < 1.29 is 33.2 Å². The van der Waals surface area contributed by atoms with Crippen LogP contribution in [0.3, 0.4) is 0 Å². The van der Waals surface area contributed by atoms with Gasteiger partial charge in [0.1, 0.15) is 30.2 Å². The molecule has 2 saturated heterocycles. The van der Waals surface area contributed by atoms with Crippen molar-refractivity contribution in [2.75, 3.05) is 20.8 Å². The van der Waals surface area contributed by atoms with Crippen LogP contribution in [-0.2, 0) is 41.6 Å². The van der Waals surface area contributed by atoms with Gasteiger partial charge in [0.15, 0.2) is 12.1 Å². The number of methoxy groups -OCH3 is 2. The predicted molar refractivity (Wildman–Crippen MR) is 117 cm³/mol. The smallest absolute Gasteiger partial charge is 0.186 e. The Morgan fingerprint density at radius 1 is 0.844 bits per heavy atom. The first-order valence-electron chi connectivity index (χ1n) is 10.9. The molecule has 174 valence electrons. The Bertz CT molecular complexity index is 839. The minimum absolute atomic E-state index is 0.326. The molecule has 2 heterocycles. The Balaban J connectivity index is 1.42. The predicted octanol–water partition coefficient (Wildman–Crippen LogP) is 3.69. The summed E-state index contributed by atoms with van der Waals surface area (Å²) in [4.78, 5) is 0. The molecule has 0 unspecified atom stereocenters. The van der Waals surface area contributed by atoms with Crippen molar-refractivity contribution in [3.63, 3.8) is 0 Å². The summed E-state index contributed by atoms with van der Waals surface area (Å²) in [7, 11) is 3.25. The molecule has 2 aliphatic rings. The maximum absolute atomic E-state index is 6.24. The zero-order valence-electron chi connectivity index (χ0n) is 19.1. The van der Waals surface area contributed by atoms with Crippen molar-refractivity contribution in [3.8, 4) is 5.75 Å². The molecule has 4 rings (SSSR count). The molecule has 0 aromatic heterocycles. The lowest BCUT2D eigenvalue weighted by Gasteiger charge is -2.41. The van der Waals surface area contributed by atoms with Crippen molar-refractivity contribution in [1.82, 2.24) is 0 Å². The molecule has 2 aromatic rings. The molecule has 2 aromatic carbocycles. The van der Waals surface area contributed by atoms with Gasteiger partial charge in [0.05, 0.1) is 26.9 Å². The maximum atomic E-state index is 6.24. The SMILES string of the molecule is COc1ccc(CO[C@@H]2[C@H](OC)O[C@H](COCc3ccccc3)[C@@H]3OC(C)(C)O[C@H]23)cc1. The van der Waals surface area contributed by atoms with Gasteiger partial charge in [0.2, 0.25) is 0 Å². The third kappa shape index (κ3) is 5.49. The first-order valence-corrected chi connectivity index (χ1v) is 10.9. The number of benzene rings is 2. The van der Waals surface area contributed by atoms with E-state index in [0.717, 1.165) is 16.9 Å². The van der Waals surface area contributed by atoms with Gasteiger partial charge in [0.25, 0.3) is 0 Å². The van der Waals surface area contributed by atoms with Gasteiger partial charge in [-0.2, -0.15) is 0 Å². The Labute approximate surface area is 189 Å². The van der Waals surface area contributed by atoms with Crippen LogP contribution >= 0.6 is 0 Å². The second kappa shape index (κ2) is 10.3. The third-order valence-electron chi connectivity index (χ3n) is 5.66. The first kappa shape index (κ1) is 23.2. The van der Waals surface area contributed by atoms with Gasteiger partial charge in [-0.1, -0.05) is 42.5 Å². The van der Waals surface area contributed by atoms with Crippen molar-refractivity contribution in [2.45, 2.75) is 63.6 Å². The van der Waals surface area contributed by atoms with Gasteiger partial charge in [-0.25, -0.2) is 0 Å². The molecule has 0 bridgehead atoms.